The highest BCUT2D eigenvalue weighted by atomic mass is 16.5. The second-order valence-corrected chi connectivity index (χ2v) is 12.0. The van der Waals surface area contributed by atoms with E-state index in [1.54, 1.807) is 25.4 Å². The lowest BCUT2D eigenvalue weighted by molar-refractivity contribution is -0.102. The molecule has 0 amide bonds. The summed E-state index contributed by atoms with van der Waals surface area (Å²) in [5.41, 5.74) is 3.01. The minimum absolute atomic E-state index is 0.386. The topological polar surface area (TPSA) is 58.0 Å². The van der Waals surface area contributed by atoms with Crippen molar-refractivity contribution in [2.75, 3.05) is 19.1 Å². The van der Waals surface area contributed by atoms with Crippen LogP contribution in [0.1, 0.15) is 111 Å². The number of anilines is 1. The average molecular weight is 591 g/mol. The summed E-state index contributed by atoms with van der Waals surface area (Å²) in [6.07, 6.45) is 15.8. The number of carbonyl (C=O) groups is 1. The first kappa shape index (κ1) is 34.8. The second-order valence-electron chi connectivity index (χ2n) is 12.0. The first-order valence-electron chi connectivity index (χ1n) is 17.2. The highest BCUT2D eigenvalue weighted by Gasteiger charge is 2.44. The summed E-state index contributed by atoms with van der Waals surface area (Å²) in [5.74, 6) is 2.26. The zero-order chi connectivity index (χ0) is 31.4. The van der Waals surface area contributed by atoms with Crippen molar-refractivity contribution < 1.29 is 9.53 Å². The number of fused-ring (bicyclic) bond motifs is 2. The van der Waals surface area contributed by atoms with Gasteiger partial charge in [0.25, 0.3) is 0 Å². The standard InChI is InChI=1S/C33H46N4O2.2C2H6/c1-5-23-16-24(6-2)18-29(17-23)37-26-10-9-11-27(37)21-28(20-26)36(3)32-13-8-7-12-30(32)35-31(22-38)25-14-15-34-33(19-25)39-4;2*1-2/h7-8,12-15,19,22-24,26-29H,5-6,9-11,16-18,20-21H2,1-4H3;2*1-2H3. The number of aliphatic imine (C=N–C) groups is 1. The molecule has 4 unspecified atom stereocenters. The summed E-state index contributed by atoms with van der Waals surface area (Å²) in [6.45, 7) is 12.8. The molecule has 1 aliphatic carbocycles. The second kappa shape index (κ2) is 17.5. The van der Waals surface area contributed by atoms with Crippen LogP contribution in [-0.4, -0.2) is 60.2 Å². The van der Waals surface area contributed by atoms with Crippen LogP contribution in [-0.2, 0) is 4.79 Å². The Labute approximate surface area is 262 Å². The molecule has 4 atom stereocenters. The predicted octanol–water partition coefficient (Wildman–Crippen LogP) is 8.89. The Balaban J connectivity index is 0.00000121. The Hall–Kier alpha value is -2.73. The minimum atomic E-state index is 0.386. The molecule has 0 spiro atoms. The molecule has 2 aromatic rings. The van der Waals surface area contributed by atoms with Crippen LogP contribution in [0.4, 0.5) is 11.4 Å². The maximum Gasteiger partial charge on any atom is 0.213 e. The molecule has 3 heterocycles. The monoisotopic (exact) mass is 590 g/mol. The number of hydrogen-bond acceptors (Lipinski definition) is 6. The number of benzene rings is 1. The van der Waals surface area contributed by atoms with Crippen molar-refractivity contribution in [1.29, 1.82) is 0 Å². The fourth-order valence-electron chi connectivity index (χ4n) is 7.76. The smallest absolute Gasteiger partial charge is 0.213 e. The molecule has 5 rings (SSSR count). The first-order valence-corrected chi connectivity index (χ1v) is 17.2. The number of aromatic nitrogens is 1. The van der Waals surface area contributed by atoms with Crippen LogP contribution in [0.3, 0.4) is 0 Å². The highest BCUT2D eigenvalue weighted by molar-refractivity contribution is 6.37. The molecule has 238 valence electrons. The van der Waals surface area contributed by atoms with Crippen molar-refractivity contribution in [3.8, 4) is 5.88 Å². The summed E-state index contributed by atoms with van der Waals surface area (Å²) in [7, 11) is 3.80. The molecule has 1 aromatic heterocycles. The molecular weight excluding hydrogens is 532 g/mol. The third-order valence-corrected chi connectivity index (χ3v) is 9.86. The maximum atomic E-state index is 12.1. The van der Waals surface area contributed by atoms with E-state index >= 15 is 0 Å². The summed E-state index contributed by atoms with van der Waals surface area (Å²) >= 11 is 0. The number of methoxy groups -OCH3 is 1. The van der Waals surface area contributed by atoms with Gasteiger partial charge in [0.2, 0.25) is 5.88 Å². The van der Waals surface area contributed by atoms with E-state index in [2.05, 4.69) is 47.8 Å². The van der Waals surface area contributed by atoms with Crippen molar-refractivity contribution in [2.24, 2.45) is 16.8 Å². The van der Waals surface area contributed by atoms with Gasteiger partial charge in [-0.25, -0.2) is 9.98 Å². The summed E-state index contributed by atoms with van der Waals surface area (Å²) in [5, 5.41) is 0. The van der Waals surface area contributed by atoms with E-state index in [4.69, 9.17) is 9.73 Å². The lowest BCUT2D eigenvalue weighted by Crippen LogP contribution is -2.60. The number of aldehydes is 1. The van der Waals surface area contributed by atoms with Crippen molar-refractivity contribution >= 4 is 23.4 Å². The minimum Gasteiger partial charge on any atom is -0.481 e. The fourth-order valence-corrected chi connectivity index (χ4v) is 7.76. The fraction of sp³-hybridized carbons (Fsp3) is 0.649. The van der Waals surface area contributed by atoms with Crippen LogP contribution in [0.2, 0.25) is 0 Å². The number of carbonyl (C=O) groups excluding carboxylic acids is 1. The van der Waals surface area contributed by atoms with Gasteiger partial charge in [-0.05, 0) is 75.0 Å². The van der Waals surface area contributed by atoms with E-state index in [1.807, 2.05) is 39.8 Å². The van der Waals surface area contributed by atoms with Crippen LogP contribution in [0.25, 0.3) is 0 Å². The molecule has 2 saturated heterocycles. The summed E-state index contributed by atoms with van der Waals surface area (Å²) < 4.78 is 5.26. The van der Waals surface area contributed by atoms with E-state index in [-0.39, 0.29) is 0 Å². The number of ether oxygens (including phenoxy) is 1. The molecule has 0 N–H and O–H groups in total. The zero-order valence-corrected chi connectivity index (χ0v) is 28.3. The maximum absolute atomic E-state index is 12.1. The lowest BCUT2D eigenvalue weighted by atomic mass is 9.72. The quantitative estimate of drug-likeness (QED) is 0.216. The number of hydrogen-bond donors (Lipinski definition) is 0. The van der Waals surface area contributed by atoms with Crippen molar-refractivity contribution in [1.82, 2.24) is 9.88 Å². The van der Waals surface area contributed by atoms with Gasteiger partial charge in [-0.1, -0.05) is 72.9 Å². The van der Waals surface area contributed by atoms with Crippen LogP contribution in [0.15, 0.2) is 47.6 Å². The highest BCUT2D eigenvalue weighted by Crippen LogP contribution is 2.44. The number of rotatable bonds is 9. The van der Waals surface area contributed by atoms with Crippen LogP contribution >= 0.6 is 0 Å². The first-order chi connectivity index (χ1) is 21.0. The van der Waals surface area contributed by atoms with Gasteiger partial charge in [0.15, 0.2) is 6.29 Å². The van der Waals surface area contributed by atoms with Gasteiger partial charge in [-0.15, -0.1) is 0 Å². The predicted molar refractivity (Wildman–Crippen MR) is 182 cm³/mol. The third-order valence-electron chi connectivity index (χ3n) is 9.86. The van der Waals surface area contributed by atoms with Crippen LogP contribution in [0, 0.1) is 11.8 Å². The van der Waals surface area contributed by atoms with Gasteiger partial charge in [0.05, 0.1) is 18.5 Å². The van der Waals surface area contributed by atoms with Gasteiger partial charge in [0.1, 0.15) is 5.71 Å². The molecule has 3 fully saturated rings. The molecule has 3 aliphatic rings. The van der Waals surface area contributed by atoms with Crippen molar-refractivity contribution in [3.63, 3.8) is 0 Å². The number of para-hydroxylation sites is 2. The van der Waals surface area contributed by atoms with Gasteiger partial charge in [0, 0.05) is 49.0 Å². The van der Waals surface area contributed by atoms with Gasteiger partial charge in [-0.2, -0.15) is 0 Å². The molecule has 2 bridgehead atoms. The zero-order valence-electron chi connectivity index (χ0n) is 28.3. The van der Waals surface area contributed by atoms with Crippen LogP contribution in [0.5, 0.6) is 5.88 Å². The molecule has 1 saturated carbocycles. The van der Waals surface area contributed by atoms with Crippen LogP contribution < -0.4 is 9.64 Å². The molecule has 6 nitrogen and oxygen atoms in total. The third kappa shape index (κ3) is 8.47. The van der Waals surface area contributed by atoms with E-state index in [9.17, 15) is 4.79 Å². The number of pyridine rings is 1. The van der Waals surface area contributed by atoms with E-state index in [0.717, 1.165) is 35.5 Å². The largest absolute Gasteiger partial charge is 0.481 e. The molecule has 2 aliphatic heterocycles. The Morgan fingerprint density at radius 1 is 0.953 bits per heavy atom. The Morgan fingerprint density at radius 2 is 1.58 bits per heavy atom. The average Bonchev–Trinajstić information content (AvgIpc) is 3.07. The Morgan fingerprint density at radius 3 is 2.16 bits per heavy atom. The molecule has 0 radical (unpaired) electrons. The van der Waals surface area contributed by atoms with E-state index in [1.165, 1.54) is 64.2 Å². The summed E-state index contributed by atoms with van der Waals surface area (Å²) in [6, 6.07) is 14.4. The molecule has 1 aromatic carbocycles. The van der Waals surface area contributed by atoms with Gasteiger partial charge >= 0.3 is 0 Å². The Kier molecular flexibility index (Phi) is 14.2. The summed E-state index contributed by atoms with van der Waals surface area (Å²) in [4.78, 5) is 26.6. The molecule has 6 heteroatoms. The lowest BCUT2D eigenvalue weighted by Gasteiger charge is -2.56. The molecule has 43 heavy (non-hydrogen) atoms. The number of piperidine rings is 2. The van der Waals surface area contributed by atoms with Gasteiger partial charge in [-0.3, -0.25) is 9.69 Å². The normalized spacial score (nSPS) is 27.1. The van der Waals surface area contributed by atoms with Crippen molar-refractivity contribution in [3.05, 3.63) is 48.2 Å². The Bertz CT molecular complexity index is 1120. The van der Waals surface area contributed by atoms with E-state index in [0.29, 0.717) is 35.3 Å². The van der Waals surface area contributed by atoms with Gasteiger partial charge < -0.3 is 9.64 Å². The number of nitrogens with zero attached hydrogens (tertiary/aromatic N) is 4. The SMILES string of the molecule is CC.CC.CCC1CC(CC)CC(N2C3CCCC2CC(N(C)c2ccccc2N=C(C=O)c2ccnc(OC)c2)C3)C1. The molecular formula is C37H58N4O2. The van der Waals surface area contributed by atoms with E-state index < -0.39 is 0 Å². The van der Waals surface area contributed by atoms with Crippen molar-refractivity contribution in [2.45, 2.75) is 130 Å².